The highest BCUT2D eigenvalue weighted by molar-refractivity contribution is 5.94. The number of carbonyl (C=O) groups is 1. The minimum Gasteiger partial charge on any atom is -0.435 e. The molecule has 6 heteroatoms. The average molecular weight is 273 g/mol. The molecule has 0 bridgehead atoms. The van der Waals surface area contributed by atoms with Crippen LogP contribution in [0.25, 0.3) is 0 Å². The summed E-state index contributed by atoms with van der Waals surface area (Å²) in [5.41, 5.74) is 0.290. The van der Waals surface area contributed by atoms with Gasteiger partial charge in [0.1, 0.15) is 5.75 Å². The molecule has 0 fully saturated rings. The quantitative estimate of drug-likeness (QED) is 0.828. The summed E-state index contributed by atoms with van der Waals surface area (Å²) in [5.74, 6) is -0.310. The Morgan fingerprint density at radius 1 is 1.47 bits per heavy atom. The predicted octanol–water partition coefficient (Wildman–Crippen LogP) is 2.13. The molecular formula is C13H17F2NO3. The number of hydrogen-bond acceptors (Lipinski definition) is 3. The number of amides is 1. The van der Waals surface area contributed by atoms with Crippen LogP contribution in [0.15, 0.2) is 24.3 Å². The van der Waals surface area contributed by atoms with Crippen molar-refractivity contribution in [2.45, 2.75) is 20.0 Å². The van der Waals surface area contributed by atoms with E-state index in [1.807, 2.05) is 6.92 Å². The van der Waals surface area contributed by atoms with Gasteiger partial charge in [-0.25, -0.2) is 0 Å². The third-order valence-electron chi connectivity index (χ3n) is 2.56. The van der Waals surface area contributed by atoms with Gasteiger partial charge >= 0.3 is 6.61 Å². The van der Waals surface area contributed by atoms with Gasteiger partial charge in [-0.05, 0) is 31.5 Å². The lowest BCUT2D eigenvalue weighted by molar-refractivity contribution is -0.0499. The van der Waals surface area contributed by atoms with Crippen molar-refractivity contribution < 1.29 is 23.4 Å². The Balaban J connectivity index is 2.79. The van der Waals surface area contributed by atoms with E-state index in [1.54, 1.807) is 6.07 Å². The molecule has 0 saturated carbocycles. The van der Waals surface area contributed by atoms with Gasteiger partial charge in [-0.15, -0.1) is 0 Å². The number of ether oxygens (including phenoxy) is 1. The zero-order valence-electron chi connectivity index (χ0n) is 10.7. The second-order valence-electron chi connectivity index (χ2n) is 3.87. The molecule has 0 unspecified atom stereocenters. The second kappa shape index (κ2) is 7.68. The summed E-state index contributed by atoms with van der Waals surface area (Å²) in [5, 5.41) is 8.76. The molecule has 106 valence electrons. The van der Waals surface area contributed by atoms with Crippen molar-refractivity contribution in [2.24, 2.45) is 0 Å². The first kappa shape index (κ1) is 15.4. The highest BCUT2D eigenvalue weighted by Crippen LogP contribution is 2.17. The first-order chi connectivity index (χ1) is 9.08. The van der Waals surface area contributed by atoms with Crippen LogP contribution < -0.4 is 4.74 Å². The largest absolute Gasteiger partial charge is 0.435 e. The van der Waals surface area contributed by atoms with Crippen molar-refractivity contribution in [3.05, 3.63) is 29.8 Å². The lowest BCUT2D eigenvalue weighted by Gasteiger charge is -2.20. The number of rotatable bonds is 7. The van der Waals surface area contributed by atoms with Crippen molar-refractivity contribution in [3.63, 3.8) is 0 Å². The Bertz CT molecular complexity index is 413. The molecule has 0 saturated heterocycles. The Morgan fingerprint density at radius 3 is 2.79 bits per heavy atom. The van der Waals surface area contributed by atoms with Gasteiger partial charge in [-0.1, -0.05) is 6.07 Å². The monoisotopic (exact) mass is 273 g/mol. The van der Waals surface area contributed by atoms with Gasteiger partial charge in [-0.3, -0.25) is 4.79 Å². The SMILES string of the molecule is CCN(CCCO)C(=O)c1cccc(OC(F)F)c1. The first-order valence-electron chi connectivity index (χ1n) is 6.03. The van der Waals surface area contributed by atoms with Gasteiger partial charge in [0.05, 0.1) is 0 Å². The highest BCUT2D eigenvalue weighted by Gasteiger charge is 2.15. The number of aliphatic hydroxyl groups is 1. The molecule has 0 aliphatic heterocycles. The van der Waals surface area contributed by atoms with E-state index >= 15 is 0 Å². The Hall–Kier alpha value is -1.69. The van der Waals surface area contributed by atoms with Gasteiger partial charge < -0.3 is 14.7 Å². The van der Waals surface area contributed by atoms with E-state index in [2.05, 4.69) is 4.74 Å². The lowest BCUT2D eigenvalue weighted by atomic mass is 10.2. The van der Waals surface area contributed by atoms with Gasteiger partial charge in [0.15, 0.2) is 0 Å². The Labute approximate surface area is 110 Å². The lowest BCUT2D eigenvalue weighted by Crippen LogP contribution is -2.32. The number of nitrogens with zero attached hydrogens (tertiary/aromatic N) is 1. The van der Waals surface area contributed by atoms with Crippen LogP contribution in [0.3, 0.4) is 0 Å². The standard InChI is InChI=1S/C13H17F2NO3/c1-2-16(7-4-8-17)12(18)10-5-3-6-11(9-10)19-13(14)15/h3,5-6,9,13,17H,2,4,7-8H2,1H3. The number of benzene rings is 1. The van der Waals surface area contributed by atoms with E-state index < -0.39 is 6.61 Å². The van der Waals surface area contributed by atoms with Gasteiger partial charge in [0.2, 0.25) is 0 Å². The van der Waals surface area contributed by atoms with E-state index in [0.717, 1.165) is 0 Å². The summed E-state index contributed by atoms with van der Waals surface area (Å²) in [6, 6.07) is 5.69. The third kappa shape index (κ3) is 4.82. The molecule has 1 aromatic carbocycles. The molecular weight excluding hydrogens is 256 g/mol. The molecule has 0 atom stereocenters. The summed E-state index contributed by atoms with van der Waals surface area (Å²) >= 11 is 0. The summed E-state index contributed by atoms with van der Waals surface area (Å²) in [6.07, 6.45) is 0.479. The van der Waals surface area contributed by atoms with E-state index in [-0.39, 0.29) is 23.8 Å². The van der Waals surface area contributed by atoms with Crippen molar-refractivity contribution in [1.29, 1.82) is 0 Å². The highest BCUT2D eigenvalue weighted by atomic mass is 19.3. The zero-order valence-corrected chi connectivity index (χ0v) is 10.7. The number of hydrogen-bond donors (Lipinski definition) is 1. The summed E-state index contributed by atoms with van der Waals surface area (Å²) in [7, 11) is 0. The molecule has 1 N–H and O–H groups in total. The molecule has 4 nitrogen and oxygen atoms in total. The normalized spacial score (nSPS) is 10.6. The zero-order chi connectivity index (χ0) is 14.3. The Morgan fingerprint density at radius 2 is 2.21 bits per heavy atom. The minimum atomic E-state index is -2.91. The van der Waals surface area contributed by atoms with E-state index in [0.29, 0.717) is 19.5 Å². The maximum Gasteiger partial charge on any atom is 0.387 e. The van der Waals surface area contributed by atoms with Crippen molar-refractivity contribution in [3.8, 4) is 5.75 Å². The van der Waals surface area contributed by atoms with Crippen LogP contribution in [0.2, 0.25) is 0 Å². The second-order valence-corrected chi connectivity index (χ2v) is 3.87. The Kier molecular flexibility index (Phi) is 6.21. The van der Waals surface area contributed by atoms with Crippen LogP contribution in [-0.2, 0) is 0 Å². The molecule has 0 aliphatic rings. The molecule has 0 aliphatic carbocycles. The van der Waals surface area contributed by atoms with Crippen LogP contribution >= 0.6 is 0 Å². The van der Waals surface area contributed by atoms with Gasteiger partial charge in [0, 0.05) is 25.3 Å². The summed E-state index contributed by atoms with van der Waals surface area (Å²) in [6.45, 7) is -0.195. The van der Waals surface area contributed by atoms with Crippen molar-refractivity contribution in [2.75, 3.05) is 19.7 Å². The number of halogens is 2. The molecule has 0 heterocycles. The smallest absolute Gasteiger partial charge is 0.387 e. The van der Waals surface area contributed by atoms with Gasteiger partial charge in [-0.2, -0.15) is 8.78 Å². The van der Waals surface area contributed by atoms with Crippen LogP contribution in [0.4, 0.5) is 8.78 Å². The van der Waals surface area contributed by atoms with Crippen molar-refractivity contribution in [1.82, 2.24) is 4.90 Å². The topological polar surface area (TPSA) is 49.8 Å². The third-order valence-corrected chi connectivity index (χ3v) is 2.56. The average Bonchev–Trinajstić information content (AvgIpc) is 2.39. The summed E-state index contributed by atoms with van der Waals surface area (Å²) < 4.78 is 28.5. The molecule has 0 aromatic heterocycles. The van der Waals surface area contributed by atoms with E-state index in [1.165, 1.54) is 23.1 Å². The predicted molar refractivity (Wildman–Crippen MR) is 66.4 cm³/mol. The molecule has 1 aromatic rings. The molecule has 1 amide bonds. The number of carbonyl (C=O) groups excluding carboxylic acids is 1. The van der Waals surface area contributed by atoms with Crippen LogP contribution in [0.1, 0.15) is 23.7 Å². The fraction of sp³-hybridized carbons (Fsp3) is 0.462. The van der Waals surface area contributed by atoms with Crippen LogP contribution in [0.5, 0.6) is 5.75 Å². The maximum atomic E-state index is 12.1. The molecule has 1 rings (SSSR count). The number of aliphatic hydroxyl groups excluding tert-OH is 1. The van der Waals surface area contributed by atoms with Gasteiger partial charge in [0.25, 0.3) is 5.91 Å². The van der Waals surface area contributed by atoms with Crippen LogP contribution in [0, 0.1) is 0 Å². The summed E-state index contributed by atoms with van der Waals surface area (Å²) in [4.78, 5) is 13.7. The van der Waals surface area contributed by atoms with E-state index in [9.17, 15) is 13.6 Å². The van der Waals surface area contributed by atoms with Crippen LogP contribution in [-0.4, -0.2) is 42.2 Å². The molecule has 19 heavy (non-hydrogen) atoms. The van der Waals surface area contributed by atoms with Crippen molar-refractivity contribution >= 4 is 5.91 Å². The minimum absolute atomic E-state index is 0.00167. The molecule has 0 spiro atoms. The first-order valence-corrected chi connectivity index (χ1v) is 6.03. The number of alkyl halides is 2. The van der Waals surface area contributed by atoms with E-state index in [4.69, 9.17) is 5.11 Å². The molecule has 0 radical (unpaired) electrons. The fourth-order valence-electron chi connectivity index (χ4n) is 1.65. The fourth-order valence-corrected chi connectivity index (χ4v) is 1.65. The maximum absolute atomic E-state index is 12.1.